The van der Waals surface area contributed by atoms with Crippen LogP contribution in [0.4, 0.5) is 0 Å². The third kappa shape index (κ3) is 6.32. The first-order valence-electron chi connectivity index (χ1n) is 20.7. The highest BCUT2D eigenvalue weighted by Crippen LogP contribution is 2.41. The molecule has 0 radical (unpaired) electrons. The van der Waals surface area contributed by atoms with Gasteiger partial charge in [0.15, 0.2) is 17.5 Å². The van der Waals surface area contributed by atoms with Crippen LogP contribution in [0.3, 0.4) is 0 Å². The second kappa shape index (κ2) is 14.9. The standard InChI is InChI=1S/C55H40N4O/c1-2-3-15-36-24-28-46-47-33-40(27-31-51(47)60-52(46)32-36)41-25-30-45-44-22-13-14-23-48(44)59(50(45)34-41)49-35-42(26-29-43(49)37-16-7-4-8-17-37)55-57-53(38-18-9-5-10-19-38)56-54(58-55)39-20-11-6-12-21-39/h4-14,16-35H,2-3,15H2,1H3. The third-order valence-electron chi connectivity index (χ3n) is 11.6. The molecule has 11 rings (SSSR count). The van der Waals surface area contributed by atoms with Gasteiger partial charge in [0.05, 0.1) is 16.7 Å². The molecule has 0 aliphatic rings. The van der Waals surface area contributed by atoms with Gasteiger partial charge in [-0.1, -0.05) is 165 Å². The number of para-hydroxylation sites is 1. The zero-order valence-corrected chi connectivity index (χ0v) is 33.2. The Morgan fingerprint density at radius 1 is 0.417 bits per heavy atom. The topological polar surface area (TPSA) is 56.7 Å². The molecule has 11 aromatic rings. The van der Waals surface area contributed by atoms with Gasteiger partial charge in [-0.2, -0.15) is 0 Å². The predicted molar refractivity (Wildman–Crippen MR) is 247 cm³/mol. The fraction of sp³-hybridized carbons (Fsp3) is 0.0727. The van der Waals surface area contributed by atoms with Crippen LogP contribution in [-0.4, -0.2) is 19.5 Å². The predicted octanol–water partition coefficient (Wildman–Crippen LogP) is 14.5. The van der Waals surface area contributed by atoms with Gasteiger partial charge in [-0.25, -0.2) is 15.0 Å². The zero-order valence-electron chi connectivity index (χ0n) is 33.2. The van der Waals surface area contributed by atoms with Crippen molar-refractivity contribution in [1.29, 1.82) is 0 Å². The highest BCUT2D eigenvalue weighted by atomic mass is 16.3. The lowest BCUT2D eigenvalue weighted by molar-refractivity contribution is 0.667. The minimum absolute atomic E-state index is 0.614. The molecule has 8 aromatic carbocycles. The molecule has 0 spiro atoms. The normalized spacial score (nSPS) is 11.6. The average molecular weight is 773 g/mol. The molecule has 3 heterocycles. The molecule has 0 saturated heterocycles. The van der Waals surface area contributed by atoms with E-state index in [1.807, 2.05) is 60.7 Å². The van der Waals surface area contributed by atoms with Crippen LogP contribution in [0.2, 0.25) is 0 Å². The number of aromatic nitrogens is 4. The highest BCUT2D eigenvalue weighted by Gasteiger charge is 2.20. The summed E-state index contributed by atoms with van der Waals surface area (Å²) in [5.41, 5.74) is 13.8. The molecule has 0 N–H and O–H groups in total. The van der Waals surface area contributed by atoms with E-state index in [4.69, 9.17) is 19.4 Å². The van der Waals surface area contributed by atoms with E-state index in [0.717, 1.165) is 84.0 Å². The fourth-order valence-electron chi connectivity index (χ4n) is 8.60. The van der Waals surface area contributed by atoms with Gasteiger partial charge in [-0.05, 0) is 71.5 Å². The molecule has 3 aromatic heterocycles. The lowest BCUT2D eigenvalue weighted by atomic mass is 9.99. The molecule has 60 heavy (non-hydrogen) atoms. The number of furan rings is 1. The molecule has 0 aliphatic carbocycles. The maximum Gasteiger partial charge on any atom is 0.164 e. The number of benzene rings is 8. The quantitative estimate of drug-likeness (QED) is 0.147. The van der Waals surface area contributed by atoms with Crippen molar-refractivity contribution in [1.82, 2.24) is 19.5 Å². The Morgan fingerprint density at radius 2 is 1.00 bits per heavy atom. The van der Waals surface area contributed by atoms with Gasteiger partial charge in [0.2, 0.25) is 0 Å². The molecule has 5 heteroatoms. The van der Waals surface area contributed by atoms with E-state index in [1.165, 1.54) is 29.2 Å². The van der Waals surface area contributed by atoms with Gasteiger partial charge in [-0.3, -0.25) is 0 Å². The Kier molecular flexibility index (Phi) is 8.85. The molecule has 0 bridgehead atoms. The maximum absolute atomic E-state index is 6.40. The smallest absolute Gasteiger partial charge is 0.164 e. The minimum Gasteiger partial charge on any atom is -0.456 e. The molecule has 0 atom stereocenters. The molecular weight excluding hydrogens is 733 g/mol. The van der Waals surface area contributed by atoms with Crippen LogP contribution in [0, 0.1) is 0 Å². The van der Waals surface area contributed by atoms with Crippen LogP contribution in [0.1, 0.15) is 25.3 Å². The molecule has 0 amide bonds. The summed E-state index contributed by atoms with van der Waals surface area (Å²) in [5.74, 6) is 1.88. The van der Waals surface area contributed by atoms with Crippen LogP contribution in [0.15, 0.2) is 192 Å². The third-order valence-corrected chi connectivity index (χ3v) is 11.6. The zero-order chi connectivity index (χ0) is 40.0. The van der Waals surface area contributed by atoms with Gasteiger partial charge in [0, 0.05) is 43.8 Å². The summed E-state index contributed by atoms with van der Waals surface area (Å²) in [6.07, 6.45) is 3.42. The SMILES string of the molecule is CCCCc1ccc2c(c1)oc1ccc(-c3ccc4c5ccccc5n(-c5cc(-c6nc(-c7ccccc7)nc(-c7ccccc7)n6)ccc5-c5ccccc5)c4c3)cc12. The van der Waals surface area contributed by atoms with Crippen molar-refractivity contribution in [3.63, 3.8) is 0 Å². The number of unbranched alkanes of at least 4 members (excludes halogenated alkanes) is 1. The van der Waals surface area contributed by atoms with Crippen molar-refractivity contribution in [2.24, 2.45) is 0 Å². The van der Waals surface area contributed by atoms with Gasteiger partial charge in [0.1, 0.15) is 11.2 Å². The molecule has 286 valence electrons. The Labute approximate surface area is 348 Å². The first kappa shape index (κ1) is 35.5. The molecular formula is C55H40N4O. The van der Waals surface area contributed by atoms with E-state index < -0.39 is 0 Å². The summed E-state index contributed by atoms with van der Waals surface area (Å²) in [4.78, 5) is 15.2. The first-order valence-corrected chi connectivity index (χ1v) is 20.7. The fourth-order valence-corrected chi connectivity index (χ4v) is 8.60. The second-order valence-corrected chi connectivity index (χ2v) is 15.5. The monoisotopic (exact) mass is 772 g/mol. The van der Waals surface area contributed by atoms with Crippen molar-refractivity contribution in [2.45, 2.75) is 26.2 Å². The van der Waals surface area contributed by atoms with Crippen LogP contribution in [0.25, 0.3) is 106 Å². The highest BCUT2D eigenvalue weighted by molar-refractivity contribution is 6.11. The molecule has 0 aliphatic heterocycles. The summed E-state index contributed by atoms with van der Waals surface area (Å²) >= 11 is 0. The van der Waals surface area contributed by atoms with Gasteiger partial charge < -0.3 is 8.98 Å². The number of rotatable bonds is 9. The second-order valence-electron chi connectivity index (χ2n) is 15.5. The van der Waals surface area contributed by atoms with Gasteiger partial charge in [0.25, 0.3) is 0 Å². The van der Waals surface area contributed by atoms with Crippen LogP contribution >= 0.6 is 0 Å². The van der Waals surface area contributed by atoms with Crippen molar-refractivity contribution in [3.8, 4) is 62.1 Å². The Morgan fingerprint density at radius 3 is 1.72 bits per heavy atom. The molecule has 0 fully saturated rings. The lowest BCUT2D eigenvalue weighted by Crippen LogP contribution is -2.02. The summed E-state index contributed by atoms with van der Waals surface area (Å²) in [5, 5.41) is 4.66. The van der Waals surface area contributed by atoms with Crippen molar-refractivity contribution in [2.75, 3.05) is 0 Å². The molecule has 0 unspecified atom stereocenters. The van der Waals surface area contributed by atoms with E-state index in [2.05, 4.69) is 139 Å². The Hall–Kier alpha value is -7.63. The Balaban J connectivity index is 1.12. The number of fused-ring (bicyclic) bond motifs is 6. The molecule has 0 saturated carbocycles. The first-order chi connectivity index (χ1) is 29.7. The van der Waals surface area contributed by atoms with E-state index in [0.29, 0.717) is 17.5 Å². The van der Waals surface area contributed by atoms with Crippen LogP contribution in [-0.2, 0) is 6.42 Å². The minimum atomic E-state index is 0.614. The maximum atomic E-state index is 6.40. The number of aryl methyl sites for hydroxylation is 1. The summed E-state index contributed by atoms with van der Waals surface area (Å²) in [6, 6.07) is 66.4. The largest absolute Gasteiger partial charge is 0.456 e. The van der Waals surface area contributed by atoms with Crippen LogP contribution < -0.4 is 0 Å². The summed E-state index contributed by atoms with van der Waals surface area (Å²) in [6.45, 7) is 2.23. The molecule has 5 nitrogen and oxygen atoms in total. The van der Waals surface area contributed by atoms with Crippen molar-refractivity contribution >= 4 is 43.7 Å². The van der Waals surface area contributed by atoms with E-state index in [-0.39, 0.29) is 0 Å². The summed E-state index contributed by atoms with van der Waals surface area (Å²) in [7, 11) is 0. The van der Waals surface area contributed by atoms with E-state index in [9.17, 15) is 0 Å². The van der Waals surface area contributed by atoms with Crippen molar-refractivity contribution < 1.29 is 4.42 Å². The lowest BCUT2D eigenvalue weighted by Gasteiger charge is -2.17. The van der Waals surface area contributed by atoms with E-state index in [1.54, 1.807) is 0 Å². The van der Waals surface area contributed by atoms with Crippen LogP contribution in [0.5, 0.6) is 0 Å². The summed E-state index contributed by atoms with van der Waals surface area (Å²) < 4.78 is 8.82. The number of nitrogens with zero attached hydrogens (tertiary/aromatic N) is 4. The van der Waals surface area contributed by atoms with Crippen molar-refractivity contribution in [3.05, 3.63) is 194 Å². The number of hydrogen-bond donors (Lipinski definition) is 0. The number of hydrogen-bond acceptors (Lipinski definition) is 4. The van der Waals surface area contributed by atoms with Gasteiger partial charge in [-0.15, -0.1) is 0 Å². The Bertz CT molecular complexity index is 3290. The average Bonchev–Trinajstić information content (AvgIpc) is 3.85. The van der Waals surface area contributed by atoms with Gasteiger partial charge >= 0.3 is 0 Å². The van der Waals surface area contributed by atoms with E-state index >= 15 is 0 Å².